The van der Waals surface area contributed by atoms with Gasteiger partial charge in [-0.1, -0.05) is 48.6 Å². The molecule has 1 aliphatic rings. The zero-order valence-electron chi connectivity index (χ0n) is 15.6. The quantitative estimate of drug-likeness (QED) is 0.521. The van der Waals surface area contributed by atoms with E-state index in [1.54, 1.807) is 0 Å². The number of benzene rings is 3. The van der Waals surface area contributed by atoms with Crippen molar-refractivity contribution in [3.8, 4) is 0 Å². The SMILES string of the molecule is Nc1ccc(C2=CC(N)(c3ccc(N)cc3)CC(c3ccc(N)cc3)=C2)cc1. The van der Waals surface area contributed by atoms with E-state index in [-0.39, 0.29) is 0 Å². The van der Waals surface area contributed by atoms with E-state index in [1.165, 1.54) is 0 Å². The van der Waals surface area contributed by atoms with E-state index in [2.05, 4.69) is 12.2 Å². The van der Waals surface area contributed by atoms with Gasteiger partial charge in [0.15, 0.2) is 0 Å². The predicted octanol–water partition coefficient (Wildman–Crippen LogP) is 4.16. The van der Waals surface area contributed by atoms with Gasteiger partial charge in [0.05, 0.1) is 5.54 Å². The van der Waals surface area contributed by atoms with Crippen molar-refractivity contribution in [3.05, 3.63) is 102 Å². The van der Waals surface area contributed by atoms with E-state index >= 15 is 0 Å². The molecule has 1 unspecified atom stereocenters. The second-order valence-corrected chi connectivity index (χ2v) is 7.35. The summed E-state index contributed by atoms with van der Waals surface area (Å²) < 4.78 is 0. The Morgan fingerprint density at radius 1 is 0.607 bits per heavy atom. The van der Waals surface area contributed by atoms with Crippen molar-refractivity contribution in [1.82, 2.24) is 0 Å². The van der Waals surface area contributed by atoms with Crippen molar-refractivity contribution < 1.29 is 0 Å². The summed E-state index contributed by atoms with van der Waals surface area (Å²) in [5.74, 6) is 0. The highest BCUT2D eigenvalue weighted by molar-refractivity contribution is 5.88. The van der Waals surface area contributed by atoms with Crippen LogP contribution in [0.4, 0.5) is 17.1 Å². The van der Waals surface area contributed by atoms with E-state index in [1.807, 2.05) is 72.8 Å². The molecular weight excluding hydrogens is 344 g/mol. The van der Waals surface area contributed by atoms with Crippen molar-refractivity contribution in [3.63, 3.8) is 0 Å². The number of anilines is 3. The summed E-state index contributed by atoms with van der Waals surface area (Å²) in [5.41, 5.74) is 31.5. The van der Waals surface area contributed by atoms with Crippen molar-refractivity contribution in [1.29, 1.82) is 0 Å². The maximum Gasteiger partial charge on any atom is 0.0645 e. The number of nitrogen functional groups attached to an aromatic ring is 3. The number of rotatable bonds is 3. The second kappa shape index (κ2) is 6.91. The van der Waals surface area contributed by atoms with Crippen LogP contribution in [0.25, 0.3) is 11.1 Å². The second-order valence-electron chi connectivity index (χ2n) is 7.35. The molecule has 0 saturated heterocycles. The minimum absolute atomic E-state index is 0.643. The molecule has 3 aromatic rings. The van der Waals surface area contributed by atoms with E-state index in [0.29, 0.717) is 6.42 Å². The normalized spacial score (nSPS) is 19.0. The van der Waals surface area contributed by atoms with Gasteiger partial charge in [-0.2, -0.15) is 0 Å². The highest BCUT2D eigenvalue weighted by Gasteiger charge is 2.30. The first-order chi connectivity index (χ1) is 13.4. The largest absolute Gasteiger partial charge is 0.399 e. The number of hydrogen-bond donors (Lipinski definition) is 4. The van der Waals surface area contributed by atoms with Crippen molar-refractivity contribution in [2.45, 2.75) is 12.0 Å². The standard InChI is InChI=1S/C24H24N4/c25-21-7-1-16(2-8-21)18-13-19(17-3-9-22(26)10-4-17)15-24(28,14-18)20-5-11-23(27)12-6-20/h1-14H,15,25-28H2. The average Bonchev–Trinajstić information content (AvgIpc) is 2.69. The fourth-order valence-electron chi connectivity index (χ4n) is 3.63. The third-order valence-corrected chi connectivity index (χ3v) is 5.20. The Morgan fingerprint density at radius 3 is 1.61 bits per heavy atom. The van der Waals surface area contributed by atoms with E-state index in [4.69, 9.17) is 22.9 Å². The van der Waals surface area contributed by atoms with Gasteiger partial charge in [0.25, 0.3) is 0 Å². The molecule has 0 aliphatic heterocycles. The molecule has 0 heterocycles. The molecular formula is C24H24N4. The molecule has 0 saturated carbocycles. The van der Waals surface area contributed by atoms with Crippen LogP contribution < -0.4 is 22.9 Å². The lowest BCUT2D eigenvalue weighted by atomic mass is 9.76. The third kappa shape index (κ3) is 3.50. The van der Waals surface area contributed by atoms with Crippen LogP contribution in [-0.2, 0) is 5.54 Å². The fraction of sp³-hybridized carbons (Fsp3) is 0.0833. The first-order valence-corrected chi connectivity index (χ1v) is 9.23. The Morgan fingerprint density at radius 2 is 1.07 bits per heavy atom. The zero-order valence-corrected chi connectivity index (χ0v) is 15.6. The molecule has 0 amide bonds. The van der Waals surface area contributed by atoms with Gasteiger partial charge in [0.1, 0.15) is 0 Å². The van der Waals surface area contributed by atoms with Gasteiger partial charge in [0.2, 0.25) is 0 Å². The lowest BCUT2D eigenvalue weighted by Crippen LogP contribution is -2.36. The number of allylic oxidation sites excluding steroid dienone is 2. The van der Waals surface area contributed by atoms with Crippen molar-refractivity contribution in [2.75, 3.05) is 17.2 Å². The Kier molecular flexibility index (Phi) is 4.41. The topological polar surface area (TPSA) is 104 Å². The molecule has 1 aliphatic carbocycles. The van der Waals surface area contributed by atoms with Crippen LogP contribution in [0.2, 0.25) is 0 Å². The summed E-state index contributed by atoms with van der Waals surface area (Å²) in [6.45, 7) is 0. The molecule has 28 heavy (non-hydrogen) atoms. The monoisotopic (exact) mass is 368 g/mol. The average molecular weight is 368 g/mol. The van der Waals surface area contributed by atoms with E-state index in [9.17, 15) is 0 Å². The lowest BCUT2D eigenvalue weighted by molar-refractivity contribution is 0.576. The van der Waals surface area contributed by atoms with Gasteiger partial charge in [-0.3, -0.25) is 0 Å². The minimum atomic E-state index is -0.643. The number of hydrogen-bond acceptors (Lipinski definition) is 4. The molecule has 8 N–H and O–H groups in total. The summed E-state index contributed by atoms with van der Waals surface area (Å²) in [7, 11) is 0. The van der Waals surface area contributed by atoms with Gasteiger partial charge >= 0.3 is 0 Å². The summed E-state index contributed by atoms with van der Waals surface area (Å²) >= 11 is 0. The van der Waals surface area contributed by atoms with Crippen LogP contribution in [0.1, 0.15) is 23.1 Å². The summed E-state index contributed by atoms with van der Waals surface area (Å²) in [4.78, 5) is 0. The Labute approximate surface area is 165 Å². The van der Waals surface area contributed by atoms with Gasteiger partial charge < -0.3 is 22.9 Å². The molecule has 4 heteroatoms. The minimum Gasteiger partial charge on any atom is -0.399 e. The molecule has 0 fully saturated rings. The van der Waals surface area contributed by atoms with E-state index in [0.717, 1.165) is 44.9 Å². The molecule has 0 radical (unpaired) electrons. The van der Waals surface area contributed by atoms with Gasteiger partial charge in [-0.15, -0.1) is 0 Å². The summed E-state index contributed by atoms with van der Waals surface area (Å²) in [6.07, 6.45) is 5.00. The van der Waals surface area contributed by atoms with Gasteiger partial charge in [0, 0.05) is 17.1 Å². The molecule has 3 aromatic carbocycles. The molecule has 4 nitrogen and oxygen atoms in total. The fourth-order valence-corrected chi connectivity index (χ4v) is 3.63. The zero-order chi connectivity index (χ0) is 19.7. The first-order valence-electron chi connectivity index (χ1n) is 9.23. The molecule has 4 rings (SSSR count). The van der Waals surface area contributed by atoms with Crippen molar-refractivity contribution in [2.24, 2.45) is 5.73 Å². The lowest BCUT2D eigenvalue weighted by Gasteiger charge is -2.33. The van der Waals surface area contributed by atoms with Crippen molar-refractivity contribution >= 4 is 28.2 Å². The molecule has 0 bridgehead atoms. The van der Waals surface area contributed by atoms with E-state index < -0.39 is 5.54 Å². The molecule has 0 aromatic heterocycles. The maximum atomic E-state index is 6.94. The maximum absolute atomic E-state index is 6.94. The predicted molar refractivity (Wildman–Crippen MR) is 119 cm³/mol. The van der Waals surface area contributed by atoms with Crippen LogP contribution in [0.5, 0.6) is 0 Å². The molecule has 1 atom stereocenters. The third-order valence-electron chi connectivity index (χ3n) is 5.20. The summed E-state index contributed by atoms with van der Waals surface area (Å²) in [6, 6.07) is 23.5. The Balaban J connectivity index is 1.83. The van der Waals surface area contributed by atoms with Crippen LogP contribution in [0, 0.1) is 0 Å². The highest BCUT2D eigenvalue weighted by atomic mass is 14.7. The van der Waals surface area contributed by atoms with Crippen LogP contribution >= 0.6 is 0 Å². The first kappa shape index (κ1) is 17.9. The Hall–Kier alpha value is -3.50. The molecule has 0 spiro atoms. The number of nitrogens with two attached hydrogens (primary N) is 4. The van der Waals surface area contributed by atoms with Crippen LogP contribution in [0.15, 0.2) is 84.9 Å². The van der Waals surface area contributed by atoms with Crippen LogP contribution in [-0.4, -0.2) is 0 Å². The van der Waals surface area contributed by atoms with Gasteiger partial charge in [-0.25, -0.2) is 0 Å². The summed E-state index contributed by atoms with van der Waals surface area (Å²) in [5, 5.41) is 0. The molecule has 140 valence electrons. The smallest absolute Gasteiger partial charge is 0.0645 e. The van der Waals surface area contributed by atoms with Crippen LogP contribution in [0.3, 0.4) is 0 Å². The highest BCUT2D eigenvalue weighted by Crippen LogP contribution is 2.40. The Bertz CT molecular complexity index is 1050. The van der Waals surface area contributed by atoms with Gasteiger partial charge in [-0.05, 0) is 70.7 Å².